The summed E-state index contributed by atoms with van der Waals surface area (Å²) in [5.74, 6) is 2.00. The Morgan fingerprint density at radius 2 is 2.04 bits per heavy atom. The fourth-order valence-corrected chi connectivity index (χ4v) is 4.03. The third-order valence-corrected chi connectivity index (χ3v) is 5.70. The van der Waals surface area contributed by atoms with Crippen molar-refractivity contribution in [3.63, 3.8) is 0 Å². The van der Waals surface area contributed by atoms with Gasteiger partial charge < -0.3 is 19.1 Å². The molecule has 0 aromatic carbocycles. The molecular formula is C19H32N4O3. The molecule has 0 spiro atoms. The summed E-state index contributed by atoms with van der Waals surface area (Å²) in [6.07, 6.45) is 4.60. The number of methoxy groups -OCH3 is 1. The smallest absolute Gasteiger partial charge is 0.231 e. The molecule has 1 aromatic heterocycles. The zero-order valence-electron chi connectivity index (χ0n) is 16.3. The predicted molar refractivity (Wildman–Crippen MR) is 97.9 cm³/mol. The van der Waals surface area contributed by atoms with E-state index in [0.717, 1.165) is 45.3 Å². The Labute approximate surface area is 156 Å². The number of amides is 1. The van der Waals surface area contributed by atoms with E-state index in [9.17, 15) is 4.79 Å². The maximum absolute atomic E-state index is 13.0. The van der Waals surface area contributed by atoms with Crippen molar-refractivity contribution in [1.82, 2.24) is 19.9 Å². The third-order valence-electron chi connectivity index (χ3n) is 5.70. The monoisotopic (exact) mass is 364 g/mol. The fraction of sp³-hybridized carbons (Fsp3) is 0.842. The Kier molecular flexibility index (Phi) is 6.64. The molecular weight excluding hydrogens is 332 g/mol. The van der Waals surface area contributed by atoms with Crippen molar-refractivity contribution in [2.24, 2.45) is 5.92 Å². The Morgan fingerprint density at radius 1 is 1.27 bits per heavy atom. The van der Waals surface area contributed by atoms with Gasteiger partial charge in [0, 0.05) is 38.6 Å². The van der Waals surface area contributed by atoms with E-state index in [4.69, 9.17) is 9.26 Å². The number of nitrogens with zero attached hydrogens (tertiary/aromatic N) is 4. The number of ether oxygens (including phenoxy) is 1. The normalized spacial score (nSPS) is 22.9. The maximum Gasteiger partial charge on any atom is 0.231 e. The first-order valence-electron chi connectivity index (χ1n) is 9.92. The molecule has 2 aliphatic rings. The molecule has 1 aromatic rings. The van der Waals surface area contributed by atoms with Gasteiger partial charge in [0.1, 0.15) is 0 Å². The van der Waals surface area contributed by atoms with Gasteiger partial charge in [-0.3, -0.25) is 4.79 Å². The van der Waals surface area contributed by atoms with Crippen molar-refractivity contribution in [3.05, 3.63) is 11.7 Å². The molecule has 2 fully saturated rings. The summed E-state index contributed by atoms with van der Waals surface area (Å²) < 4.78 is 10.5. The summed E-state index contributed by atoms with van der Waals surface area (Å²) in [6, 6.07) is 0.565. The van der Waals surface area contributed by atoms with Crippen LogP contribution < -0.4 is 0 Å². The second-order valence-electron chi connectivity index (χ2n) is 7.82. The molecule has 2 aliphatic heterocycles. The standard InChI is InChI=1S/C19H32N4O3/c1-14(2)22-10-6-15(7-11-22)19(24)23-9-4-5-16(13-23)18-20-17(21-26-18)8-12-25-3/h14-16H,4-13H2,1-3H3/t16-/m0/s1. The molecule has 3 heterocycles. The molecule has 7 nitrogen and oxygen atoms in total. The number of carbonyl (C=O) groups excluding carboxylic acids is 1. The van der Waals surface area contributed by atoms with Gasteiger partial charge in [0.2, 0.25) is 11.8 Å². The molecule has 0 saturated carbocycles. The number of piperidine rings is 2. The van der Waals surface area contributed by atoms with Gasteiger partial charge in [0.15, 0.2) is 5.82 Å². The van der Waals surface area contributed by atoms with Crippen LogP contribution in [0.2, 0.25) is 0 Å². The second-order valence-corrected chi connectivity index (χ2v) is 7.82. The van der Waals surface area contributed by atoms with Gasteiger partial charge in [-0.1, -0.05) is 5.16 Å². The van der Waals surface area contributed by atoms with Crippen LogP contribution in [0.1, 0.15) is 57.2 Å². The van der Waals surface area contributed by atoms with E-state index in [1.54, 1.807) is 7.11 Å². The van der Waals surface area contributed by atoms with Gasteiger partial charge in [0.05, 0.1) is 12.5 Å². The van der Waals surface area contributed by atoms with Crippen molar-refractivity contribution in [1.29, 1.82) is 0 Å². The largest absolute Gasteiger partial charge is 0.384 e. The minimum absolute atomic E-state index is 0.159. The van der Waals surface area contributed by atoms with Crippen molar-refractivity contribution in [2.75, 3.05) is 39.9 Å². The number of likely N-dealkylation sites (tertiary alicyclic amines) is 2. The van der Waals surface area contributed by atoms with E-state index in [0.29, 0.717) is 43.2 Å². The summed E-state index contributed by atoms with van der Waals surface area (Å²) in [5.41, 5.74) is 0. The summed E-state index contributed by atoms with van der Waals surface area (Å²) in [6.45, 7) is 8.64. The van der Waals surface area contributed by atoms with Gasteiger partial charge in [-0.25, -0.2) is 0 Å². The Balaban J connectivity index is 1.54. The highest BCUT2D eigenvalue weighted by atomic mass is 16.5. The van der Waals surface area contributed by atoms with Crippen molar-refractivity contribution in [2.45, 2.75) is 57.9 Å². The van der Waals surface area contributed by atoms with Gasteiger partial charge in [-0.05, 0) is 52.6 Å². The molecule has 0 bridgehead atoms. The lowest BCUT2D eigenvalue weighted by molar-refractivity contribution is -0.138. The quantitative estimate of drug-likeness (QED) is 0.770. The minimum atomic E-state index is 0.159. The van der Waals surface area contributed by atoms with E-state index in [2.05, 4.69) is 28.9 Å². The second kappa shape index (κ2) is 8.95. The lowest BCUT2D eigenvalue weighted by Gasteiger charge is -2.38. The van der Waals surface area contributed by atoms with Gasteiger partial charge in [-0.15, -0.1) is 0 Å². The average molecular weight is 364 g/mol. The predicted octanol–water partition coefficient (Wildman–Crippen LogP) is 2.08. The van der Waals surface area contributed by atoms with Crippen LogP contribution in [0.4, 0.5) is 0 Å². The van der Waals surface area contributed by atoms with Crippen LogP contribution in [0.25, 0.3) is 0 Å². The molecule has 2 saturated heterocycles. The Hall–Kier alpha value is -1.47. The molecule has 1 amide bonds. The van der Waals surface area contributed by atoms with Crippen LogP contribution in [-0.2, 0) is 16.0 Å². The van der Waals surface area contributed by atoms with E-state index in [1.165, 1.54) is 0 Å². The number of aromatic nitrogens is 2. The zero-order valence-corrected chi connectivity index (χ0v) is 16.3. The maximum atomic E-state index is 13.0. The Bertz CT molecular complexity index is 581. The van der Waals surface area contributed by atoms with Gasteiger partial charge in [-0.2, -0.15) is 4.98 Å². The molecule has 3 rings (SSSR count). The number of rotatable bonds is 6. The van der Waals surface area contributed by atoms with Crippen molar-refractivity contribution >= 4 is 5.91 Å². The van der Waals surface area contributed by atoms with Crippen molar-refractivity contribution < 1.29 is 14.1 Å². The molecule has 0 aliphatic carbocycles. The molecule has 0 radical (unpaired) electrons. The van der Waals surface area contributed by atoms with Crippen LogP contribution in [0, 0.1) is 5.92 Å². The Morgan fingerprint density at radius 3 is 2.73 bits per heavy atom. The summed E-state index contributed by atoms with van der Waals surface area (Å²) >= 11 is 0. The van der Waals surface area contributed by atoms with Crippen LogP contribution in [-0.4, -0.2) is 71.8 Å². The molecule has 26 heavy (non-hydrogen) atoms. The van der Waals surface area contributed by atoms with E-state index in [1.807, 2.05) is 4.90 Å². The van der Waals surface area contributed by atoms with Gasteiger partial charge in [0.25, 0.3) is 0 Å². The first-order valence-corrected chi connectivity index (χ1v) is 9.92. The topological polar surface area (TPSA) is 71.7 Å². The van der Waals surface area contributed by atoms with Crippen molar-refractivity contribution in [3.8, 4) is 0 Å². The van der Waals surface area contributed by atoms with E-state index in [-0.39, 0.29) is 11.8 Å². The number of hydrogen-bond donors (Lipinski definition) is 0. The highest BCUT2D eigenvalue weighted by Gasteiger charge is 2.33. The lowest BCUT2D eigenvalue weighted by atomic mass is 9.91. The molecule has 0 N–H and O–H groups in total. The van der Waals surface area contributed by atoms with E-state index < -0.39 is 0 Å². The molecule has 1 atom stereocenters. The molecule has 7 heteroatoms. The lowest BCUT2D eigenvalue weighted by Crippen LogP contribution is -2.47. The molecule has 146 valence electrons. The number of carbonyl (C=O) groups is 1. The number of hydrogen-bond acceptors (Lipinski definition) is 6. The highest BCUT2D eigenvalue weighted by molar-refractivity contribution is 5.79. The zero-order chi connectivity index (χ0) is 18.5. The van der Waals surface area contributed by atoms with E-state index >= 15 is 0 Å². The van der Waals surface area contributed by atoms with Crippen LogP contribution in [0.15, 0.2) is 4.52 Å². The average Bonchev–Trinajstić information content (AvgIpc) is 3.15. The van der Waals surface area contributed by atoms with Crippen LogP contribution >= 0.6 is 0 Å². The van der Waals surface area contributed by atoms with Crippen LogP contribution in [0.5, 0.6) is 0 Å². The first kappa shape index (κ1) is 19.3. The molecule has 0 unspecified atom stereocenters. The summed E-state index contributed by atoms with van der Waals surface area (Å²) in [5, 5.41) is 4.04. The summed E-state index contributed by atoms with van der Waals surface area (Å²) in [7, 11) is 1.66. The van der Waals surface area contributed by atoms with Gasteiger partial charge >= 0.3 is 0 Å². The minimum Gasteiger partial charge on any atom is -0.384 e. The summed E-state index contributed by atoms with van der Waals surface area (Å²) in [4.78, 5) is 22.0. The first-order chi connectivity index (χ1) is 12.6. The SMILES string of the molecule is COCCc1noc([C@H]2CCCN(C(=O)C3CCN(C(C)C)CC3)C2)n1. The highest BCUT2D eigenvalue weighted by Crippen LogP contribution is 2.29. The third kappa shape index (κ3) is 4.62. The fourth-order valence-electron chi connectivity index (χ4n) is 4.03. The van der Waals surface area contributed by atoms with Crippen LogP contribution in [0.3, 0.4) is 0 Å².